The molecule has 0 aromatic carbocycles. The molecule has 0 saturated heterocycles. The Morgan fingerprint density at radius 2 is 1.94 bits per heavy atom. The van der Waals surface area contributed by atoms with Gasteiger partial charge in [-0.05, 0) is 50.9 Å². The molecule has 4 atom stereocenters. The van der Waals surface area contributed by atoms with Gasteiger partial charge < -0.3 is 5.11 Å². The fourth-order valence-electron chi connectivity index (χ4n) is 3.35. The van der Waals surface area contributed by atoms with Crippen molar-refractivity contribution in [1.82, 2.24) is 4.72 Å². The van der Waals surface area contributed by atoms with Gasteiger partial charge in [-0.3, -0.25) is 4.79 Å². The van der Waals surface area contributed by atoms with Crippen molar-refractivity contribution in [3.8, 4) is 0 Å². The molecule has 18 heavy (non-hydrogen) atoms. The Labute approximate surface area is 107 Å². The first-order valence-electron chi connectivity index (χ1n) is 6.57. The quantitative estimate of drug-likeness (QED) is 0.799. The molecule has 3 saturated carbocycles. The molecule has 0 amide bonds. The third-order valence-electron chi connectivity index (χ3n) is 5.08. The number of hydrogen-bond donors (Lipinski definition) is 2. The van der Waals surface area contributed by atoms with Crippen LogP contribution in [-0.4, -0.2) is 30.3 Å². The van der Waals surface area contributed by atoms with Crippen LogP contribution in [-0.2, 0) is 14.8 Å². The van der Waals surface area contributed by atoms with Crippen LogP contribution in [0.15, 0.2) is 0 Å². The second-order valence-electron chi connectivity index (χ2n) is 6.34. The van der Waals surface area contributed by atoms with Gasteiger partial charge in [-0.15, -0.1) is 0 Å². The maximum Gasteiger partial charge on any atom is 0.306 e. The molecule has 0 aliphatic heterocycles. The second-order valence-corrected chi connectivity index (χ2v) is 8.57. The van der Waals surface area contributed by atoms with Crippen LogP contribution in [0.4, 0.5) is 0 Å². The highest BCUT2D eigenvalue weighted by molar-refractivity contribution is 7.91. The predicted octanol–water partition coefficient (Wildman–Crippen LogP) is 0.958. The molecule has 3 aliphatic carbocycles. The summed E-state index contributed by atoms with van der Waals surface area (Å²) >= 11 is 0. The van der Waals surface area contributed by atoms with Crippen molar-refractivity contribution in [3.05, 3.63) is 0 Å². The molecule has 2 N–H and O–H groups in total. The number of carboxylic acids is 1. The van der Waals surface area contributed by atoms with Gasteiger partial charge in [0.05, 0.1) is 10.7 Å². The Morgan fingerprint density at radius 3 is 2.50 bits per heavy atom. The summed E-state index contributed by atoms with van der Waals surface area (Å²) in [5, 5.41) is 9.00. The molecule has 3 rings (SSSR count). The minimum Gasteiger partial charge on any atom is -0.481 e. The lowest BCUT2D eigenvalue weighted by Crippen LogP contribution is -2.52. The van der Waals surface area contributed by atoms with Gasteiger partial charge in [-0.25, -0.2) is 13.1 Å². The SMILES string of the molecule is CC1(S(=O)(=O)N[C@@H]2C[C@@H]3CC(C(=O)O)C[C@@H]32)CC1. The Hall–Kier alpha value is -0.620. The lowest BCUT2D eigenvalue weighted by atomic mass is 9.72. The molecule has 0 spiro atoms. The number of rotatable bonds is 4. The molecule has 5 nitrogen and oxygen atoms in total. The van der Waals surface area contributed by atoms with E-state index in [9.17, 15) is 13.2 Å². The average Bonchev–Trinajstić information content (AvgIpc) is 2.91. The Morgan fingerprint density at radius 1 is 1.28 bits per heavy atom. The van der Waals surface area contributed by atoms with E-state index in [4.69, 9.17) is 5.11 Å². The number of nitrogens with one attached hydrogen (secondary N) is 1. The lowest BCUT2D eigenvalue weighted by molar-refractivity contribution is -0.141. The number of hydrogen-bond acceptors (Lipinski definition) is 3. The normalized spacial score (nSPS) is 40.9. The van der Waals surface area contributed by atoms with Gasteiger partial charge in [-0.1, -0.05) is 0 Å². The first-order chi connectivity index (χ1) is 8.32. The molecule has 0 bridgehead atoms. The number of sulfonamides is 1. The van der Waals surface area contributed by atoms with E-state index in [-0.39, 0.29) is 17.9 Å². The molecular weight excluding hydrogens is 254 g/mol. The molecule has 0 aromatic rings. The number of aliphatic carboxylic acids is 1. The summed E-state index contributed by atoms with van der Waals surface area (Å²) < 4.78 is 26.4. The first kappa shape index (κ1) is 12.4. The van der Waals surface area contributed by atoms with E-state index in [2.05, 4.69) is 4.72 Å². The molecule has 6 heteroatoms. The summed E-state index contributed by atoms with van der Waals surface area (Å²) in [7, 11) is -3.22. The van der Waals surface area contributed by atoms with Crippen molar-refractivity contribution >= 4 is 16.0 Å². The maximum absolute atomic E-state index is 12.1. The molecule has 102 valence electrons. The van der Waals surface area contributed by atoms with Crippen LogP contribution < -0.4 is 4.72 Å². The van der Waals surface area contributed by atoms with Crippen molar-refractivity contribution in [2.45, 2.75) is 49.8 Å². The third kappa shape index (κ3) is 1.77. The Balaban J connectivity index is 1.63. The van der Waals surface area contributed by atoms with E-state index >= 15 is 0 Å². The molecular formula is C12H19NO4S. The Kier molecular flexibility index (Phi) is 2.55. The smallest absolute Gasteiger partial charge is 0.306 e. The summed E-state index contributed by atoms with van der Waals surface area (Å²) in [6.45, 7) is 1.78. The van der Waals surface area contributed by atoms with Crippen LogP contribution in [0.25, 0.3) is 0 Å². The standard InChI is InChI=1S/C12H19NO4S/c1-12(2-3-12)18(16,17)13-10-6-7-4-8(11(14)15)5-9(7)10/h7-10,13H,2-6H2,1H3,(H,14,15)/t7-,8?,9-,10+/m0/s1. The third-order valence-corrected chi connectivity index (χ3v) is 7.40. The fraction of sp³-hybridized carbons (Fsp3) is 0.917. The predicted molar refractivity (Wildman–Crippen MR) is 65.4 cm³/mol. The van der Waals surface area contributed by atoms with Crippen molar-refractivity contribution < 1.29 is 18.3 Å². The Bertz CT molecular complexity index is 482. The zero-order chi connectivity index (χ0) is 13.1. The summed E-state index contributed by atoms with van der Waals surface area (Å²) in [5.74, 6) is -0.361. The van der Waals surface area contributed by atoms with Crippen molar-refractivity contribution in [3.63, 3.8) is 0 Å². The van der Waals surface area contributed by atoms with E-state index in [1.54, 1.807) is 6.92 Å². The topological polar surface area (TPSA) is 83.5 Å². The van der Waals surface area contributed by atoms with Crippen molar-refractivity contribution in [2.24, 2.45) is 17.8 Å². The summed E-state index contributed by atoms with van der Waals surface area (Å²) in [6, 6.07) is -0.0261. The van der Waals surface area contributed by atoms with Crippen LogP contribution in [0.5, 0.6) is 0 Å². The van der Waals surface area contributed by atoms with E-state index < -0.39 is 20.7 Å². The first-order valence-corrected chi connectivity index (χ1v) is 8.05. The van der Waals surface area contributed by atoms with Crippen LogP contribution in [0.3, 0.4) is 0 Å². The van der Waals surface area contributed by atoms with Gasteiger partial charge in [0.1, 0.15) is 0 Å². The van der Waals surface area contributed by atoms with Crippen LogP contribution in [0.1, 0.15) is 39.0 Å². The van der Waals surface area contributed by atoms with Crippen LogP contribution in [0, 0.1) is 17.8 Å². The second kappa shape index (κ2) is 3.70. The molecule has 0 aromatic heterocycles. The highest BCUT2D eigenvalue weighted by Crippen LogP contribution is 2.51. The lowest BCUT2D eigenvalue weighted by Gasteiger charge is -2.41. The van der Waals surface area contributed by atoms with E-state index in [0.717, 1.165) is 25.7 Å². The van der Waals surface area contributed by atoms with Gasteiger partial charge in [-0.2, -0.15) is 0 Å². The van der Waals surface area contributed by atoms with Gasteiger partial charge in [0.25, 0.3) is 0 Å². The summed E-state index contributed by atoms with van der Waals surface area (Å²) in [6.07, 6.45) is 3.63. The average molecular weight is 273 g/mol. The minimum absolute atomic E-state index is 0.0261. The molecule has 0 radical (unpaired) electrons. The highest BCUT2D eigenvalue weighted by Gasteiger charge is 2.55. The van der Waals surface area contributed by atoms with E-state index in [1.807, 2.05) is 0 Å². The van der Waals surface area contributed by atoms with Crippen molar-refractivity contribution in [1.29, 1.82) is 0 Å². The molecule has 1 unspecified atom stereocenters. The molecule has 3 aliphatic rings. The largest absolute Gasteiger partial charge is 0.481 e. The van der Waals surface area contributed by atoms with E-state index in [1.165, 1.54) is 0 Å². The van der Waals surface area contributed by atoms with Gasteiger partial charge in [0, 0.05) is 6.04 Å². The van der Waals surface area contributed by atoms with Crippen LogP contribution >= 0.6 is 0 Å². The minimum atomic E-state index is -3.22. The fourth-order valence-corrected chi connectivity index (χ4v) is 4.94. The maximum atomic E-state index is 12.1. The van der Waals surface area contributed by atoms with Gasteiger partial charge >= 0.3 is 5.97 Å². The van der Waals surface area contributed by atoms with Crippen molar-refractivity contribution in [2.75, 3.05) is 0 Å². The summed E-state index contributed by atoms with van der Waals surface area (Å²) in [5.41, 5.74) is 0. The summed E-state index contributed by atoms with van der Waals surface area (Å²) in [4.78, 5) is 10.9. The zero-order valence-electron chi connectivity index (χ0n) is 10.4. The number of carbonyl (C=O) groups is 1. The number of fused-ring (bicyclic) bond motifs is 1. The molecule has 3 fully saturated rings. The van der Waals surface area contributed by atoms with Gasteiger partial charge in [0.15, 0.2) is 0 Å². The zero-order valence-corrected chi connectivity index (χ0v) is 11.2. The molecule has 0 heterocycles. The van der Waals surface area contributed by atoms with E-state index in [0.29, 0.717) is 12.3 Å². The monoisotopic (exact) mass is 273 g/mol. The van der Waals surface area contributed by atoms with Crippen LogP contribution in [0.2, 0.25) is 0 Å². The van der Waals surface area contributed by atoms with Gasteiger partial charge in [0.2, 0.25) is 10.0 Å². The number of carboxylic acid groups (broad SMARTS) is 1. The highest BCUT2D eigenvalue weighted by atomic mass is 32.2.